The first-order chi connectivity index (χ1) is 7.77. The number of aliphatic hydroxyl groups is 2. The molecule has 0 spiro atoms. The Kier molecular flexibility index (Phi) is 4.13. The van der Waals surface area contributed by atoms with Crippen LogP contribution in [0.1, 0.15) is 22.8 Å². The van der Waals surface area contributed by atoms with E-state index in [0.29, 0.717) is 0 Å². The Bertz CT molecular complexity index is 393. The van der Waals surface area contributed by atoms with E-state index in [1.807, 2.05) is 0 Å². The normalized spacial score (nSPS) is 15.7. The molecule has 0 heterocycles. The molecule has 0 aliphatic heterocycles. The first-order valence-electron chi connectivity index (χ1n) is 5.01. The Balaban J connectivity index is 3.13. The van der Waals surface area contributed by atoms with Crippen LogP contribution in [0.4, 0.5) is 13.2 Å². The van der Waals surface area contributed by atoms with Crippen molar-refractivity contribution < 1.29 is 23.4 Å². The van der Waals surface area contributed by atoms with Crippen LogP contribution in [0.15, 0.2) is 18.2 Å². The SMILES string of the molecule is Cc1ccc(C(O)C(O)CN)cc1C(F)(F)F. The summed E-state index contributed by atoms with van der Waals surface area (Å²) in [5.74, 6) is 0. The molecule has 0 radical (unpaired) electrons. The highest BCUT2D eigenvalue weighted by atomic mass is 19.4. The minimum atomic E-state index is -4.48. The summed E-state index contributed by atoms with van der Waals surface area (Å²) in [6, 6.07) is 3.43. The van der Waals surface area contributed by atoms with Crippen molar-refractivity contribution in [3.8, 4) is 0 Å². The molecule has 1 aromatic carbocycles. The van der Waals surface area contributed by atoms with Gasteiger partial charge in [-0.2, -0.15) is 13.2 Å². The highest BCUT2D eigenvalue weighted by Crippen LogP contribution is 2.33. The first kappa shape index (κ1) is 14.0. The summed E-state index contributed by atoms with van der Waals surface area (Å²) in [7, 11) is 0. The van der Waals surface area contributed by atoms with Crippen LogP contribution in [0, 0.1) is 6.92 Å². The van der Waals surface area contributed by atoms with Crippen LogP contribution in [0.3, 0.4) is 0 Å². The van der Waals surface area contributed by atoms with E-state index in [4.69, 9.17) is 5.73 Å². The summed E-state index contributed by atoms with van der Waals surface area (Å²) >= 11 is 0. The van der Waals surface area contributed by atoms with Gasteiger partial charge in [-0.15, -0.1) is 0 Å². The monoisotopic (exact) mass is 249 g/mol. The third kappa shape index (κ3) is 3.18. The molecule has 0 amide bonds. The number of alkyl halides is 3. The van der Waals surface area contributed by atoms with Gasteiger partial charge < -0.3 is 15.9 Å². The molecule has 0 aliphatic rings. The lowest BCUT2D eigenvalue weighted by molar-refractivity contribution is -0.138. The van der Waals surface area contributed by atoms with E-state index in [9.17, 15) is 23.4 Å². The Morgan fingerprint density at radius 1 is 1.29 bits per heavy atom. The molecule has 1 rings (SSSR count). The molecule has 0 saturated carbocycles. The average molecular weight is 249 g/mol. The zero-order valence-corrected chi connectivity index (χ0v) is 9.20. The van der Waals surface area contributed by atoms with Crippen LogP contribution in [0.5, 0.6) is 0 Å². The largest absolute Gasteiger partial charge is 0.416 e. The highest BCUT2D eigenvalue weighted by molar-refractivity contribution is 5.34. The fraction of sp³-hybridized carbons (Fsp3) is 0.455. The summed E-state index contributed by atoms with van der Waals surface area (Å²) in [5, 5.41) is 18.9. The molecule has 6 heteroatoms. The number of aryl methyl sites for hydroxylation is 1. The maximum atomic E-state index is 12.6. The van der Waals surface area contributed by atoms with Crippen molar-refractivity contribution in [1.29, 1.82) is 0 Å². The van der Waals surface area contributed by atoms with E-state index in [1.54, 1.807) is 0 Å². The highest BCUT2D eigenvalue weighted by Gasteiger charge is 2.33. The van der Waals surface area contributed by atoms with Gasteiger partial charge in [-0.05, 0) is 24.1 Å². The zero-order valence-electron chi connectivity index (χ0n) is 9.20. The van der Waals surface area contributed by atoms with E-state index in [2.05, 4.69) is 0 Å². The van der Waals surface area contributed by atoms with Crippen LogP contribution in [0.25, 0.3) is 0 Å². The number of halogens is 3. The number of aliphatic hydroxyl groups excluding tert-OH is 2. The van der Waals surface area contributed by atoms with Gasteiger partial charge in [-0.3, -0.25) is 0 Å². The van der Waals surface area contributed by atoms with Crippen molar-refractivity contribution in [1.82, 2.24) is 0 Å². The van der Waals surface area contributed by atoms with E-state index in [0.717, 1.165) is 6.07 Å². The summed E-state index contributed by atoms with van der Waals surface area (Å²) < 4.78 is 37.8. The van der Waals surface area contributed by atoms with Crippen LogP contribution < -0.4 is 5.73 Å². The van der Waals surface area contributed by atoms with Gasteiger partial charge in [0.25, 0.3) is 0 Å². The quantitative estimate of drug-likeness (QED) is 0.758. The molecule has 0 aromatic heterocycles. The van der Waals surface area contributed by atoms with Gasteiger partial charge in [0.1, 0.15) is 6.10 Å². The maximum Gasteiger partial charge on any atom is 0.416 e. The summed E-state index contributed by atoms with van der Waals surface area (Å²) in [6.45, 7) is 1.11. The second kappa shape index (κ2) is 5.03. The third-order valence-corrected chi connectivity index (χ3v) is 2.51. The van der Waals surface area contributed by atoms with Crippen LogP contribution in [-0.4, -0.2) is 22.9 Å². The fourth-order valence-corrected chi connectivity index (χ4v) is 1.48. The molecule has 2 unspecified atom stereocenters. The molecule has 0 aliphatic carbocycles. The molecule has 96 valence electrons. The lowest BCUT2D eigenvalue weighted by Gasteiger charge is -2.18. The summed E-state index contributed by atoms with van der Waals surface area (Å²) in [4.78, 5) is 0. The molecule has 0 fully saturated rings. The molecule has 0 saturated heterocycles. The van der Waals surface area contributed by atoms with Crippen molar-refractivity contribution in [3.63, 3.8) is 0 Å². The van der Waals surface area contributed by atoms with E-state index in [1.165, 1.54) is 19.1 Å². The Labute approximate surface area is 96.7 Å². The molecular formula is C11H14F3NO2. The van der Waals surface area contributed by atoms with E-state index in [-0.39, 0.29) is 17.7 Å². The van der Waals surface area contributed by atoms with Gasteiger partial charge in [0.05, 0.1) is 11.7 Å². The minimum Gasteiger partial charge on any atom is -0.389 e. The first-order valence-corrected chi connectivity index (χ1v) is 5.01. The number of hydrogen-bond acceptors (Lipinski definition) is 3. The predicted molar refractivity (Wildman–Crippen MR) is 56.2 cm³/mol. The standard InChI is InChI=1S/C11H14F3NO2/c1-6-2-3-7(10(17)9(16)5-15)4-8(6)11(12,13)14/h2-4,9-10,16-17H,5,15H2,1H3. The van der Waals surface area contributed by atoms with Crippen molar-refractivity contribution in [2.24, 2.45) is 5.73 Å². The number of benzene rings is 1. The molecule has 3 nitrogen and oxygen atoms in total. The third-order valence-electron chi connectivity index (χ3n) is 2.51. The van der Waals surface area contributed by atoms with Crippen LogP contribution >= 0.6 is 0 Å². The van der Waals surface area contributed by atoms with Crippen LogP contribution in [-0.2, 0) is 6.18 Å². The Hall–Kier alpha value is -1.11. The average Bonchev–Trinajstić information content (AvgIpc) is 2.26. The fourth-order valence-electron chi connectivity index (χ4n) is 1.48. The molecular weight excluding hydrogens is 235 g/mol. The van der Waals surface area contributed by atoms with Gasteiger partial charge in [0.2, 0.25) is 0 Å². The second-order valence-corrected chi connectivity index (χ2v) is 3.82. The zero-order chi connectivity index (χ0) is 13.2. The lowest BCUT2D eigenvalue weighted by Crippen LogP contribution is -2.27. The van der Waals surface area contributed by atoms with Gasteiger partial charge >= 0.3 is 6.18 Å². The van der Waals surface area contributed by atoms with Gasteiger partial charge in [0.15, 0.2) is 0 Å². The van der Waals surface area contributed by atoms with E-state index < -0.39 is 23.9 Å². The molecule has 4 N–H and O–H groups in total. The second-order valence-electron chi connectivity index (χ2n) is 3.82. The van der Waals surface area contributed by atoms with Gasteiger partial charge in [-0.25, -0.2) is 0 Å². The minimum absolute atomic E-state index is 0.000810. The number of rotatable bonds is 3. The maximum absolute atomic E-state index is 12.6. The number of hydrogen-bond donors (Lipinski definition) is 3. The summed E-state index contributed by atoms with van der Waals surface area (Å²) in [6.07, 6.45) is -7.17. The van der Waals surface area contributed by atoms with Gasteiger partial charge in [0, 0.05) is 6.54 Å². The Morgan fingerprint density at radius 2 is 1.88 bits per heavy atom. The van der Waals surface area contributed by atoms with Gasteiger partial charge in [-0.1, -0.05) is 12.1 Å². The van der Waals surface area contributed by atoms with Crippen molar-refractivity contribution >= 4 is 0 Å². The van der Waals surface area contributed by atoms with Crippen LogP contribution in [0.2, 0.25) is 0 Å². The van der Waals surface area contributed by atoms with Crippen molar-refractivity contribution in [3.05, 3.63) is 34.9 Å². The lowest BCUT2D eigenvalue weighted by atomic mass is 9.98. The number of nitrogens with two attached hydrogens (primary N) is 1. The van der Waals surface area contributed by atoms with Crippen molar-refractivity contribution in [2.45, 2.75) is 25.3 Å². The molecule has 1 aromatic rings. The van der Waals surface area contributed by atoms with Crippen molar-refractivity contribution in [2.75, 3.05) is 6.54 Å². The topological polar surface area (TPSA) is 66.5 Å². The Morgan fingerprint density at radius 3 is 2.35 bits per heavy atom. The van der Waals surface area contributed by atoms with E-state index >= 15 is 0 Å². The molecule has 2 atom stereocenters. The smallest absolute Gasteiger partial charge is 0.389 e. The predicted octanol–water partition coefficient (Wildman–Crippen LogP) is 1.37. The molecule has 0 bridgehead atoms. The molecule has 17 heavy (non-hydrogen) atoms. The summed E-state index contributed by atoms with van der Waals surface area (Å²) in [5.41, 5.74) is 4.38.